The predicted molar refractivity (Wildman–Crippen MR) is 225 cm³/mol. The highest BCUT2D eigenvalue weighted by Gasteiger charge is 2.27. The molecule has 0 atom stereocenters. The van der Waals surface area contributed by atoms with Gasteiger partial charge in [-0.15, -0.1) is 23.5 Å². The SMILES string of the molecule is CSOc1cccc(N2CCN(C(=O)OC(C)(C)C)CC2)c1.CSc1cccc(Br)c1.CSc1cccc(N2CCN(C(=O)OC(C)(C)C)CC2)c1. The van der Waals surface area contributed by atoms with E-state index >= 15 is 0 Å². The van der Waals surface area contributed by atoms with Gasteiger partial charge in [-0.1, -0.05) is 34.1 Å². The Morgan fingerprint density at radius 1 is 0.596 bits per heavy atom. The number of piperazine rings is 2. The van der Waals surface area contributed by atoms with Crippen molar-refractivity contribution in [1.82, 2.24) is 9.80 Å². The Morgan fingerprint density at radius 2 is 1.02 bits per heavy atom. The van der Waals surface area contributed by atoms with Crippen molar-refractivity contribution in [2.75, 3.05) is 80.9 Å². The van der Waals surface area contributed by atoms with Crippen LogP contribution in [0.3, 0.4) is 0 Å². The fraction of sp³-hybridized carbons (Fsp3) is 0.487. The van der Waals surface area contributed by atoms with Crippen molar-refractivity contribution in [2.24, 2.45) is 0 Å². The topological polar surface area (TPSA) is 74.8 Å². The first kappa shape index (κ1) is 43.5. The summed E-state index contributed by atoms with van der Waals surface area (Å²) in [7, 11) is 0. The van der Waals surface area contributed by atoms with Crippen LogP contribution in [-0.2, 0) is 9.47 Å². The molecule has 13 heteroatoms. The third kappa shape index (κ3) is 15.6. The van der Waals surface area contributed by atoms with E-state index in [0.29, 0.717) is 26.2 Å². The van der Waals surface area contributed by atoms with E-state index in [2.05, 4.69) is 80.7 Å². The number of carbonyl (C=O) groups is 2. The van der Waals surface area contributed by atoms with Gasteiger partial charge in [-0.25, -0.2) is 9.59 Å². The van der Waals surface area contributed by atoms with Gasteiger partial charge in [0, 0.05) is 90.3 Å². The number of halogens is 1. The van der Waals surface area contributed by atoms with Crippen LogP contribution in [0.15, 0.2) is 87.1 Å². The second-order valence-electron chi connectivity index (χ2n) is 14.0. The molecule has 286 valence electrons. The molecule has 2 saturated heterocycles. The Hall–Kier alpha value is -2.87. The van der Waals surface area contributed by atoms with Crippen molar-refractivity contribution in [3.8, 4) is 5.75 Å². The van der Waals surface area contributed by atoms with Crippen molar-refractivity contribution in [1.29, 1.82) is 0 Å². The summed E-state index contributed by atoms with van der Waals surface area (Å²) in [5.41, 5.74) is 1.47. The highest BCUT2D eigenvalue weighted by atomic mass is 79.9. The summed E-state index contributed by atoms with van der Waals surface area (Å²) in [4.78, 5) is 34.8. The maximum atomic E-state index is 12.1. The summed E-state index contributed by atoms with van der Waals surface area (Å²) in [6.07, 6.45) is 5.61. The average molecular weight is 836 g/mol. The van der Waals surface area contributed by atoms with Crippen LogP contribution >= 0.6 is 51.5 Å². The molecule has 2 aliphatic rings. The molecule has 0 radical (unpaired) electrons. The molecule has 0 spiro atoms. The second kappa shape index (κ2) is 21.1. The third-order valence-corrected chi connectivity index (χ3v) is 9.98. The Labute approximate surface area is 332 Å². The number of anilines is 2. The van der Waals surface area contributed by atoms with Gasteiger partial charge in [0.25, 0.3) is 0 Å². The molecule has 0 bridgehead atoms. The van der Waals surface area contributed by atoms with Gasteiger partial charge in [-0.2, -0.15) is 0 Å². The fourth-order valence-corrected chi connectivity index (χ4v) is 6.94. The standard InChI is InChI=1S/C16H24N2O3S.C16H24N2O2S.C7H7BrS/c1-16(2,3)20-15(19)18-10-8-17(9-11-18)13-6-5-7-14(12-13)21-22-4;1-16(2,3)20-15(19)18-10-8-17(9-11-18)13-6-5-7-14(12-13)21-4;1-9-7-4-2-3-6(8)5-7/h5-7,12H,8-11H2,1-4H3;5-7,12H,8-11H2,1-4H3;2-5H,1H3. The number of carbonyl (C=O) groups excluding carboxylic acids is 2. The molecule has 52 heavy (non-hydrogen) atoms. The van der Waals surface area contributed by atoms with E-state index in [4.69, 9.17) is 13.7 Å². The average Bonchev–Trinajstić information content (AvgIpc) is 3.11. The lowest BCUT2D eigenvalue weighted by atomic mass is 10.2. The summed E-state index contributed by atoms with van der Waals surface area (Å²) in [5, 5.41) is 0. The van der Waals surface area contributed by atoms with E-state index in [0.717, 1.165) is 42.1 Å². The van der Waals surface area contributed by atoms with Crippen LogP contribution in [0, 0.1) is 0 Å². The summed E-state index contributed by atoms with van der Waals surface area (Å²) in [6.45, 7) is 17.4. The lowest BCUT2D eigenvalue weighted by molar-refractivity contribution is 0.0230. The number of nitrogens with zero attached hydrogens (tertiary/aromatic N) is 4. The Balaban J connectivity index is 0.000000228. The lowest BCUT2D eigenvalue weighted by Crippen LogP contribution is -2.50. The molecular formula is C39H55BrN4O5S3. The molecule has 0 unspecified atom stereocenters. The van der Waals surface area contributed by atoms with Gasteiger partial charge >= 0.3 is 12.2 Å². The number of ether oxygens (including phenoxy) is 2. The predicted octanol–water partition coefficient (Wildman–Crippen LogP) is 10.0. The largest absolute Gasteiger partial charge is 0.444 e. The Bertz CT molecular complexity index is 1550. The molecule has 3 aromatic rings. The van der Waals surface area contributed by atoms with Crippen LogP contribution in [0.2, 0.25) is 0 Å². The van der Waals surface area contributed by atoms with Crippen molar-refractivity contribution >= 4 is 75.1 Å². The highest BCUT2D eigenvalue weighted by Crippen LogP contribution is 2.26. The van der Waals surface area contributed by atoms with E-state index in [9.17, 15) is 9.59 Å². The van der Waals surface area contributed by atoms with Gasteiger partial charge < -0.3 is 33.3 Å². The number of rotatable bonds is 6. The van der Waals surface area contributed by atoms with E-state index in [1.807, 2.05) is 78.1 Å². The monoisotopic (exact) mass is 834 g/mol. The van der Waals surface area contributed by atoms with Crippen LogP contribution in [0.25, 0.3) is 0 Å². The Kier molecular flexibility index (Phi) is 17.7. The molecule has 0 saturated carbocycles. The van der Waals surface area contributed by atoms with Crippen LogP contribution < -0.4 is 14.0 Å². The molecule has 3 aromatic carbocycles. The molecule has 2 heterocycles. The normalized spacial score (nSPS) is 14.7. The summed E-state index contributed by atoms with van der Waals surface area (Å²) >= 11 is 8.22. The first-order chi connectivity index (χ1) is 24.6. The van der Waals surface area contributed by atoms with Crippen molar-refractivity contribution in [3.05, 3.63) is 77.3 Å². The molecule has 0 aromatic heterocycles. The molecule has 0 aliphatic carbocycles. The molecule has 2 aliphatic heterocycles. The number of hydrogen-bond acceptors (Lipinski definition) is 10. The third-order valence-electron chi connectivity index (χ3n) is 7.68. The van der Waals surface area contributed by atoms with E-state index < -0.39 is 11.2 Å². The minimum atomic E-state index is -0.447. The first-order valence-electron chi connectivity index (χ1n) is 17.3. The zero-order valence-electron chi connectivity index (χ0n) is 32.0. The zero-order valence-corrected chi connectivity index (χ0v) is 36.1. The van der Waals surface area contributed by atoms with Crippen molar-refractivity contribution < 1.29 is 23.2 Å². The number of benzene rings is 3. The van der Waals surface area contributed by atoms with Crippen LogP contribution in [0.4, 0.5) is 21.0 Å². The maximum absolute atomic E-state index is 12.1. The van der Waals surface area contributed by atoms with Crippen molar-refractivity contribution in [3.63, 3.8) is 0 Å². The van der Waals surface area contributed by atoms with E-state index in [1.54, 1.807) is 33.3 Å². The molecule has 9 nitrogen and oxygen atoms in total. The lowest BCUT2D eigenvalue weighted by Gasteiger charge is -2.36. The van der Waals surface area contributed by atoms with Gasteiger partial charge in [-0.05, 0) is 103 Å². The minimum Gasteiger partial charge on any atom is -0.444 e. The van der Waals surface area contributed by atoms with Crippen LogP contribution in [-0.4, -0.2) is 104 Å². The van der Waals surface area contributed by atoms with Crippen molar-refractivity contribution in [2.45, 2.75) is 62.5 Å². The number of amides is 2. The molecular weight excluding hydrogens is 781 g/mol. The maximum Gasteiger partial charge on any atom is 0.410 e. The smallest absolute Gasteiger partial charge is 0.410 e. The molecule has 2 amide bonds. The fourth-order valence-electron chi connectivity index (χ4n) is 5.18. The van der Waals surface area contributed by atoms with Gasteiger partial charge in [-0.3, -0.25) is 0 Å². The van der Waals surface area contributed by atoms with Gasteiger partial charge in [0.1, 0.15) is 17.0 Å². The minimum absolute atomic E-state index is 0.208. The van der Waals surface area contributed by atoms with E-state index in [-0.39, 0.29) is 12.2 Å². The van der Waals surface area contributed by atoms with Crippen LogP contribution in [0.1, 0.15) is 41.5 Å². The zero-order chi connectivity index (χ0) is 38.3. The number of thioether (sulfide) groups is 2. The number of hydrogen-bond donors (Lipinski definition) is 0. The quantitative estimate of drug-likeness (QED) is 0.177. The Morgan fingerprint density at radius 3 is 1.42 bits per heavy atom. The molecule has 0 N–H and O–H groups in total. The summed E-state index contributed by atoms with van der Waals surface area (Å²) in [5.74, 6) is 0.847. The van der Waals surface area contributed by atoms with Gasteiger partial charge in [0.05, 0.1) is 12.0 Å². The summed E-state index contributed by atoms with van der Waals surface area (Å²) in [6, 6.07) is 24.8. The van der Waals surface area contributed by atoms with Gasteiger partial charge in [0.2, 0.25) is 0 Å². The summed E-state index contributed by atoms with van der Waals surface area (Å²) < 4.78 is 17.4. The first-order valence-corrected chi connectivity index (χ1v) is 21.7. The second-order valence-corrected chi connectivity index (χ2v) is 17.2. The molecule has 2 fully saturated rings. The van der Waals surface area contributed by atoms with Crippen LogP contribution in [0.5, 0.6) is 5.75 Å². The highest BCUT2D eigenvalue weighted by molar-refractivity contribution is 9.10. The molecule has 5 rings (SSSR count). The van der Waals surface area contributed by atoms with E-state index in [1.165, 1.54) is 27.5 Å². The van der Waals surface area contributed by atoms with Gasteiger partial charge in [0.15, 0.2) is 0 Å².